The Morgan fingerprint density at radius 1 is 0.757 bits per heavy atom. The average molecular weight is 530 g/mol. The molecular weight excluding hydrogens is 502 g/mol. The summed E-state index contributed by atoms with van der Waals surface area (Å²) in [6.07, 6.45) is 7.41. The molecule has 0 unspecified atom stereocenters. The van der Waals surface area contributed by atoms with Crippen molar-refractivity contribution in [2.45, 2.75) is 12.8 Å². The van der Waals surface area contributed by atoms with Gasteiger partial charge < -0.3 is 10.1 Å². The van der Waals surface area contributed by atoms with E-state index in [2.05, 4.69) is 37.6 Å². The van der Waals surface area contributed by atoms with E-state index in [0.717, 1.165) is 23.0 Å². The van der Waals surface area contributed by atoms with Crippen LogP contribution in [0.3, 0.4) is 0 Å². The number of benzene rings is 1. The SMILES string of the molecule is O=C(c1ccccn1)c1ccccn1.ON=C(c1ccccc1)c1ccccn1.S=C(S)N1CCCC1. The van der Waals surface area contributed by atoms with Crippen LogP contribution in [-0.2, 0) is 0 Å². The molecule has 1 fully saturated rings. The number of hydrogen-bond donors (Lipinski definition) is 2. The van der Waals surface area contributed by atoms with Crippen LogP contribution in [0.1, 0.15) is 40.3 Å². The molecule has 4 aromatic rings. The zero-order valence-electron chi connectivity index (χ0n) is 20.1. The van der Waals surface area contributed by atoms with Crippen LogP contribution < -0.4 is 0 Å². The molecule has 0 atom stereocenters. The Morgan fingerprint density at radius 2 is 1.22 bits per heavy atom. The Morgan fingerprint density at radius 3 is 1.59 bits per heavy atom. The highest BCUT2D eigenvalue weighted by Crippen LogP contribution is 2.09. The molecule has 5 rings (SSSR count). The second-order valence-electron chi connectivity index (χ2n) is 7.77. The molecule has 3 aromatic heterocycles. The van der Waals surface area contributed by atoms with Gasteiger partial charge in [0.2, 0.25) is 5.78 Å². The minimum atomic E-state index is -0.147. The molecule has 0 amide bonds. The molecule has 0 spiro atoms. The van der Waals surface area contributed by atoms with E-state index in [0.29, 0.717) is 22.8 Å². The lowest BCUT2D eigenvalue weighted by Gasteiger charge is -2.12. The Balaban J connectivity index is 0.000000161. The predicted molar refractivity (Wildman–Crippen MR) is 152 cm³/mol. The van der Waals surface area contributed by atoms with E-state index in [4.69, 9.17) is 17.4 Å². The molecule has 9 heteroatoms. The van der Waals surface area contributed by atoms with E-state index in [1.165, 1.54) is 12.8 Å². The number of pyridine rings is 3. The number of thiocarbonyl (C=S) groups is 1. The zero-order valence-corrected chi connectivity index (χ0v) is 21.8. The van der Waals surface area contributed by atoms with Gasteiger partial charge in [-0.1, -0.05) is 65.9 Å². The second-order valence-corrected chi connectivity index (χ2v) is 8.88. The fourth-order valence-electron chi connectivity index (χ4n) is 3.39. The molecule has 188 valence electrons. The van der Waals surface area contributed by atoms with Crippen molar-refractivity contribution in [2.75, 3.05) is 13.1 Å². The molecule has 37 heavy (non-hydrogen) atoms. The van der Waals surface area contributed by atoms with Crippen molar-refractivity contribution in [3.8, 4) is 0 Å². The highest BCUT2D eigenvalue weighted by Gasteiger charge is 2.11. The van der Waals surface area contributed by atoms with E-state index in [-0.39, 0.29) is 5.78 Å². The third-order valence-corrected chi connectivity index (χ3v) is 5.77. The van der Waals surface area contributed by atoms with Crippen LogP contribution in [0, 0.1) is 0 Å². The van der Waals surface area contributed by atoms with Gasteiger partial charge >= 0.3 is 0 Å². The maximum absolute atomic E-state index is 11.7. The molecule has 1 aliphatic heterocycles. The van der Waals surface area contributed by atoms with Crippen molar-refractivity contribution < 1.29 is 10.0 Å². The first-order chi connectivity index (χ1) is 18.1. The van der Waals surface area contributed by atoms with Gasteiger partial charge in [-0.15, -0.1) is 12.6 Å². The highest BCUT2D eigenvalue weighted by molar-refractivity contribution is 8.10. The van der Waals surface area contributed by atoms with Gasteiger partial charge in [-0.05, 0) is 49.2 Å². The standard InChI is InChI=1S/C12H10N2O.C11H8N2O.C5H9NS2/c15-14-12(10-6-2-1-3-7-10)11-8-4-5-9-13-11;14-11(9-5-1-3-7-12-9)10-6-2-4-8-13-10;7-5(8)6-3-1-2-4-6/h1-9,15H;1-8H;1-4H2,(H,7,8). The molecular formula is C28H27N5O2S2. The van der Waals surface area contributed by atoms with Gasteiger partial charge in [0.15, 0.2) is 0 Å². The minimum absolute atomic E-state index is 0.147. The smallest absolute Gasteiger partial charge is 0.229 e. The quantitative estimate of drug-likeness (QED) is 0.0924. The van der Waals surface area contributed by atoms with Gasteiger partial charge in [0.25, 0.3) is 0 Å². The van der Waals surface area contributed by atoms with E-state index in [1.54, 1.807) is 55.0 Å². The van der Waals surface area contributed by atoms with Gasteiger partial charge in [-0.25, -0.2) is 0 Å². The number of nitrogens with zero attached hydrogens (tertiary/aromatic N) is 5. The number of carbonyl (C=O) groups is 1. The molecule has 0 saturated carbocycles. The Bertz CT molecular complexity index is 1190. The number of likely N-dealkylation sites (tertiary alicyclic amines) is 1. The lowest BCUT2D eigenvalue weighted by atomic mass is 10.1. The van der Waals surface area contributed by atoms with E-state index < -0.39 is 0 Å². The number of carbonyl (C=O) groups excluding carboxylic acids is 1. The average Bonchev–Trinajstić information content (AvgIpc) is 3.52. The Hall–Kier alpha value is -3.95. The largest absolute Gasteiger partial charge is 0.410 e. The van der Waals surface area contributed by atoms with E-state index in [1.807, 2.05) is 48.5 Å². The molecule has 4 heterocycles. The van der Waals surface area contributed by atoms with Crippen molar-refractivity contribution in [2.24, 2.45) is 5.16 Å². The summed E-state index contributed by atoms with van der Waals surface area (Å²) >= 11 is 8.90. The van der Waals surface area contributed by atoms with Crippen LogP contribution in [0.15, 0.2) is 109 Å². The first kappa shape index (κ1) is 27.6. The number of oxime groups is 1. The summed E-state index contributed by atoms with van der Waals surface area (Å²) in [4.78, 5) is 25.9. The predicted octanol–water partition coefficient (Wildman–Crippen LogP) is 5.31. The molecule has 1 saturated heterocycles. The number of thiol groups is 1. The molecule has 1 N–H and O–H groups in total. The lowest BCUT2D eigenvalue weighted by molar-refractivity contribution is 0.103. The number of ketones is 1. The first-order valence-electron chi connectivity index (χ1n) is 11.6. The van der Waals surface area contributed by atoms with Crippen molar-refractivity contribution in [1.82, 2.24) is 19.9 Å². The first-order valence-corrected chi connectivity index (χ1v) is 12.5. The topological polar surface area (TPSA) is 91.6 Å². The Kier molecular flexibility index (Phi) is 11.4. The fourth-order valence-corrected chi connectivity index (χ4v) is 3.77. The van der Waals surface area contributed by atoms with Crippen LogP contribution in [0.25, 0.3) is 0 Å². The summed E-state index contributed by atoms with van der Waals surface area (Å²) in [5.74, 6) is -0.147. The summed E-state index contributed by atoms with van der Waals surface area (Å²) in [6, 6.07) is 25.4. The third kappa shape index (κ3) is 8.89. The highest BCUT2D eigenvalue weighted by atomic mass is 32.1. The van der Waals surface area contributed by atoms with Gasteiger partial charge in [0, 0.05) is 37.2 Å². The van der Waals surface area contributed by atoms with Crippen molar-refractivity contribution in [3.63, 3.8) is 0 Å². The number of aromatic nitrogens is 3. The van der Waals surface area contributed by atoms with Crippen molar-refractivity contribution in [1.29, 1.82) is 0 Å². The summed E-state index contributed by atoms with van der Waals surface area (Å²) in [7, 11) is 0. The van der Waals surface area contributed by atoms with Crippen LogP contribution >= 0.6 is 24.8 Å². The van der Waals surface area contributed by atoms with Crippen LogP contribution in [0.2, 0.25) is 0 Å². The van der Waals surface area contributed by atoms with Crippen molar-refractivity contribution in [3.05, 3.63) is 126 Å². The summed E-state index contributed by atoms with van der Waals surface area (Å²) < 4.78 is 0.752. The molecule has 7 nitrogen and oxygen atoms in total. The zero-order chi connectivity index (χ0) is 26.3. The monoisotopic (exact) mass is 529 g/mol. The van der Waals surface area contributed by atoms with Crippen molar-refractivity contribution >= 4 is 40.7 Å². The summed E-state index contributed by atoms with van der Waals surface area (Å²) in [5, 5.41) is 12.3. The number of rotatable bonds is 4. The maximum Gasteiger partial charge on any atom is 0.229 e. The molecule has 0 radical (unpaired) electrons. The van der Waals surface area contributed by atoms with Crippen LogP contribution in [-0.4, -0.2) is 54.0 Å². The maximum atomic E-state index is 11.7. The molecule has 1 aromatic carbocycles. The fraction of sp³-hybridized carbons (Fsp3) is 0.143. The van der Waals surface area contributed by atoms with Gasteiger partial charge in [0.05, 0.1) is 5.69 Å². The van der Waals surface area contributed by atoms with Gasteiger partial charge in [-0.3, -0.25) is 19.7 Å². The second kappa shape index (κ2) is 15.2. The third-order valence-electron chi connectivity index (χ3n) is 5.23. The van der Waals surface area contributed by atoms with Gasteiger partial charge in [0.1, 0.15) is 21.4 Å². The van der Waals surface area contributed by atoms with Crippen LogP contribution in [0.4, 0.5) is 0 Å². The van der Waals surface area contributed by atoms with E-state index >= 15 is 0 Å². The lowest BCUT2D eigenvalue weighted by Crippen LogP contribution is -2.20. The normalized spacial score (nSPS) is 12.5. The van der Waals surface area contributed by atoms with Gasteiger partial charge in [-0.2, -0.15) is 0 Å². The molecule has 0 aliphatic carbocycles. The molecule has 1 aliphatic rings. The minimum Gasteiger partial charge on any atom is -0.410 e. The summed E-state index contributed by atoms with van der Waals surface area (Å²) in [6.45, 7) is 2.23. The number of hydrogen-bond acceptors (Lipinski definition) is 7. The molecule has 0 bridgehead atoms. The van der Waals surface area contributed by atoms with Crippen LogP contribution in [0.5, 0.6) is 0 Å². The Labute approximate surface area is 227 Å². The van der Waals surface area contributed by atoms with E-state index in [9.17, 15) is 4.79 Å². The summed E-state index contributed by atoms with van der Waals surface area (Å²) in [5.41, 5.74) is 2.83.